The number of imide groups is 1. The molecule has 26 heavy (non-hydrogen) atoms. The maximum absolute atomic E-state index is 12.7. The van der Waals surface area contributed by atoms with Gasteiger partial charge in [-0.2, -0.15) is 0 Å². The Morgan fingerprint density at radius 1 is 0.923 bits per heavy atom. The molecule has 2 heterocycles. The minimum atomic E-state index is -0.196. The van der Waals surface area contributed by atoms with Gasteiger partial charge in [0.05, 0.1) is 24.3 Å². The molecule has 3 aliphatic rings. The molecule has 0 bridgehead atoms. The van der Waals surface area contributed by atoms with Crippen molar-refractivity contribution in [2.24, 2.45) is 10.8 Å². The maximum Gasteiger partial charge on any atom is 0.261 e. The van der Waals surface area contributed by atoms with Gasteiger partial charge in [0.2, 0.25) is 0 Å². The Morgan fingerprint density at radius 3 is 1.92 bits per heavy atom. The molecule has 0 unspecified atom stereocenters. The fraction of sp³-hybridized carbons (Fsp3) is 0.619. The first-order chi connectivity index (χ1) is 12.3. The van der Waals surface area contributed by atoms with E-state index in [0.717, 1.165) is 25.7 Å². The monoisotopic (exact) mass is 357 g/mol. The molecule has 2 fully saturated rings. The highest BCUT2D eigenvalue weighted by Gasteiger charge is 2.47. The van der Waals surface area contributed by atoms with Gasteiger partial charge in [0.1, 0.15) is 0 Å². The Kier molecular flexibility index (Phi) is 4.20. The quantitative estimate of drug-likeness (QED) is 0.759. The van der Waals surface area contributed by atoms with Crippen molar-refractivity contribution in [1.82, 2.24) is 4.90 Å². The van der Waals surface area contributed by atoms with Crippen LogP contribution in [-0.4, -0.2) is 42.3 Å². The molecule has 140 valence electrons. The van der Waals surface area contributed by atoms with E-state index in [1.807, 2.05) is 12.1 Å². The van der Waals surface area contributed by atoms with Gasteiger partial charge in [-0.25, -0.2) is 0 Å². The van der Waals surface area contributed by atoms with E-state index in [2.05, 4.69) is 20.8 Å². The number of hydrogen-bond donors (Lipinski definition) is 0. The number of amides is 2. The predicted molar refractivity (Wildman–Crippen MR) is 96.8 cm³/mol. The zero-order valence-electron chi connectivity index (χ0n) is 15.8. The molecule has 2 amide bonds. The van der Waals surface area contributed by atoms with Gasteiger partial charge in [-0.15, -0.1) is 0 Å². The number of carbonyl (C=O) groups excluding carboxylic acids is 2. The highest BCUT2D eigenvalue weighted by molar-refractivity contribution is 6.21. The zero-order chi connectivity index (χ0) is 18.5. The number of rotatable bonds is 2. The van der Waals surface area contributed by atoms with Crippen molar-refractivity contribution in [2.75, 3.05) is 13.2 Å². The van der Waals surface area contributed by atoms with Crippen LogP contribution in [-0.2, 0) is 9.47 Å². The molecule has 0 N–H and O–H groups in total. The summed E-state index contributed by atoms with van der Waals surface area (Å²) in [5, 5.41) is 0. The molecule has 5 nitrogen and oxygen atoms in total. The van der Waals surface area contributed by atoms with Crippen LogP contribution in [0.4, 0.5) is 0 Å². The Labute approximate surface area is 154 Å². The summed E-state index contributed by atoms with van der Waals surface area (Å²) in [6.07, 6.45) is 3.17. The second-order valence-electron chi connectivity index (χ2n) is 9.03. The van der Waals surface area contributed by atoms with E-state index in [0.29, 0.717) is 24.3 Å². The molecule has 0 spiro atoms. The van der Waals surface area contributed by atoms with E-state index in [1.165, 1.54) is 4.90 Å². The van der Waals surface area contributed by atoms with Crippen molar-refractivity contribution in [3.63, 3.8) is 0 Å². The first-order valence-electron chi connectivity index (χ1n) is 9.51. The summed E-state index contributed by atoms with van der Waals surface area (Å²) >= 11 is 0. The van der Waals surface area contributed by atoms with Crippen molar-refractivity contribution in [3.8, 4) is 0 Å². The van der Waals surface area contributed by atoms with E-state index in [4.69, 9.17) is 9.47 Å². The first-order valence-corrected chi connectivity index (χ1v) is 9.51. The van der Waals surface area contributed by atoms with Crippen LogP contribution < -0.4 is 0 Å². The van der Waals surface area contributed by atoms with Gasteiger partial charge >= 0.3 is 0 Å². The van der Waals surface area contributed by atoms with E-state index in [1.54, 1.807) is 12.1 Å². The summed E-state index contributed by atoms with van der Waals surface area (Å²) < 4.78 is 12.0. The molecule has 1 saturated carbocycles. The van der Waals surface area contributed by atoms with Gasteiger partial charge in [0.25, 0.3) is 11.8 Å². The van der Waals surface area contributed by atoms with Crippen LogP contribution in [0.15, 0.2) is 24.3 Å². The van der Waals surface area contributed by atoms with E-state index < -0.39 is 0 Å². The fourth-order valence-corrected chi connectivity index (χ4v) is 4.39. The zero-order valence-corrected chi connectivity index (χ0v) is 15.8. The van der Waals surface area contributed by atoms with E-state index in [9.17, 15) is 9.59 Å². The lowest BCUT2D eigenvalue weighted by Gasteiger charge is -2.47. The summed E-state index contributed by atoms with van der Waals surface area (Å²) in [6.45, 7) is 7.90. The molecule has 4 rings (SSSR count). The standard InChI is InChI=1S/C21H27NO4/c1-20(2)12-25-19(26-13-20)21(3)10-8-14(9-11-21)22-17(23)15-6-4-5-7-16(15)18(22)24/h4-7,14,19H,8-13H2,1-3H3. The number of hydrogen-bond acceptors (Lipinski definition) is 4. The predicted octanol–water partition coefficient (Wildman–Crippen LogP) is 3.63. The second kappa shape index (κ2) is 6.17. The summed E-state index contributed by atoms with van der Waals surface area (Å²) in [7, 11) is 0. The Hall–Kier alpha value is -1.72. The number of nitrogens with zero attached hydrogens (tertiary/aromatic N) is 1. The van der Waals surface area contributed by atoms with Crippen molar-refractivity contribution in [2.45, 2.75) is 58.8 Å². The molecule has 1 aliphatic carbocycles. The summed E-state index contributed by atoms with van der Waals surface area (Å²) in [4.78, 5) is 26.9. The van der Waals surface area contributed by atoms with Gasteiger partial charge in [0.15, 0.2) is 6.29 Å². The average Bonchev–Trinajstić information content (AvgIpc) is 2.87. The van der Waals surface area contributed by atoms with Crippen molar-refractivity contribution >= 4 is 11.8 Å². The largest absolute Gasteiger partial charge is 0.351 e. The molecular weight excluding hydrogens is 330 g/mol. The third-order valence-electron chi connectivity index (χ3n) is 6.11. The van der Waals surface area contributed by atoms with Gasteiger partial charge < -0.3 is 9.47 Å². The Balaban J connectivity index is 1.43. The van der Waals surface area contributed by atoms with Crippen LogP contribution in [0.25, 0.3) is 0 Å². The normalized spacial score (nSPS) is 32.0. The van der Waals surface area contributed by atoms with Gasteiger partial charge in [-0.1, -0.05) is 32.9 Å². The van der Waals surface area contributed by atoms with Crippen LogP contribution in [0, 0.1) is 10.8 Å². The molecular formula is C21H27NO4. The molecule has 0 radical (unpaired) electrons. The minimum Gasteiger partial charge on any atom is -0.351 e. The molecule has 1 aromatic rings. The van der Waals surface area contributed by atoms with Crippen LogP contribution in [0.2, 0.25) is 0 Å². The summed E-state index contributed by atoms with van der Waals surface area (Å²) in [6, 6.07) is 7.08. The Morgan fingerprint density at radius 2 is 1.42 bits per heavy atom. The molecule has 1 saturated heterocycles. The number of benzene rings is 1. The summed E-state index contributed by atoms with van der Waals surface area (Å²) in [5.41, 5.74) is 1.06. The lowest BCUT2D eigenvalue weighted by molar-refractivity contribution is -0.272. The minimum absolute atomic E-state index is 0.0319. The molecule has 0 atom stereocenters. The van der Waals surface area contributed by atoms with Crippen molar-refractivity contribution in [1.29, 1.82) is 0 Å². The van der Waals surface area contributed by atoms with E-state index in [-0.39, 0.29) is 35.0 Å². The van der Waals surface area contributed by atoms with Crippen LogP contribution in [0.5, 0.6) is 0 Å². The Bertz CT molecular complexity index is 688. The van der Waals surface area contributed by atoms with Gasteiger partial charge in [-0.05, 0) is 37.8 Å². The average molecular weight is 357 g/mol. The van der Waals surface area contributed by atoms with Gasteiger partial charge in [-0.3, -0.25) is 14.5 Å². The van der Waals surface area contributed by atoms with Crippen LogP contribution in [0.3, 0.4) is 0 Å². The molecule has 2 aliphatic heterocycles. The SMILES string of the molecule is CC1(C)COC(C2(C)CCC(N3C(=O)c4ccccc4C3=O)CC2)OC1. The van der Waals surface area contributed by atoms with E-state index >= 15 is 0 Å². The number of fused-ring (bicyclic) bond motifs is 1. The number of carbonyl (C=O) groups is 2. The third kappa shape index (κ3) is 2.87. The smallest absolute Gasteiger partial charge is 0.261 e. The highest BCUT2D eigenvalue weighted by atomic mass is 16.7. The topological polar surface area (TPSA) is 55.8 Å². The van der Waals surface area contributed by atoms with Crippen molar-refractivity contribution in [3.05, 3.63) is 35.4 Å². The summed E-state index contributed by atoms with van der Waals surface area (Å²) in [5.74, 6) is -0.294. The fourth-order valence-electron chi connectivity index (χ4n) is 4.39. The highest BCUT2D eigenvalue weighted by Crippen LogP contribution is 2.45. The second-order valence-corrected chi connectivity index (χ2v) is 9.03. The lowest BCUT2D eigenvalue weighted by atomic mass is 9.72. The molecule has 5 heteroatoms. The maximum atomic E-state index is 12.7. The van der Waals surface area contributed by atoms with Crippen LogP contribution in [0.1, 0.15) is 67.2 Å². The molecule has 0 aromatic heterocycles. The van der Waals surface area contributed by atoms with Crippen LogP contribution >= 0.6 is 0 Å². The number of ether oxygens (including phenoxy) is 2. The lowest BCUT2D eigenvalue weighted by Crippen LogP contribution is -2.50. The molecule has 1 aromatic carbocycles. The first kappa shape index (κ1) is 17.7. The van der Waals surface area contributed by atoms with Gasteiger partial charge in [0, 0.05) is 16.9 Å². The third-order valence-corrected chi connectivity index (χ3v) is 6.11. The van der Waals surface area contributed by atoms with Crippen molar-refractivity contribution < 1.29 is 19.1 Å².